The second kappa shape index (κ2) is 4.74. The highest BCUT2D eigenvalue weighted by molar-refractivity contribution is 9.11. The molecule has 1 aliphatic rings. The van der Waals surface area contributed by atoms with Gasteiger partial charge in [0.1, 0.15) is 6.61 Å². The number of hydrogen-bond donors (Lipinski definition) is 2. The normalized spacial score (nSPS) is 22.2. The van der Waals surface area contributed by atoms with Crippen molar-refractivity contribution in [2.75, 3.05) is 12.3 Å². The van der Waals surface area contributed by atoms with Crippen molar-refractivity contribution in [3.63, 3.8) is 0 Å². The molecule has 18 heavy (non-hydrogen) atoms. The number of benzene rings is 1. The molecule has 0 saturated carbocycles. The fraction of sp³-hybridized carbons (Fsp3) is 0.417. The number of nitrogen functional groups attached to an aromatic ring is 1. The summed E-state index contributed by atoms with van der Waals surface area (Å²) in [7, 11) is 0. The van der Waals surface area contributed by atoms with E-state index in [0.29, 0.717) is 12.3 Å². The van der Waals surface area contributed by atoms with Crippen molar-refractivity contribution >= 4 is 43.6 Å². The van der Waals surface area contributed by atoms with Crippen molar-refractivity contribution < 1.29 is 9.53 Å². The summed E-state index contributed by atoms with van der Waals surface area (Å²) in [6.07, 6.45) is -0.408. The summed E-state index contributed by atoms with van der Waals surface area (Å²) in [4.78, 5) is 11.4. The molecule has 0 spiro atoms. The number of halogens is 2. The summed E-state index contributed by atoms with van der Waals surface area (Å²) in [5, 5.41) is 2.84. The van der Waals surface area contributed by atoms with Crippen LogP contribution in [0.5, 0.6) is 0 Å². The molecule has 1 heterocycles. The van der Waals surface area contributed by atoms with Crippen LogP contribution in [0.1, 0.15) is 25.5 Å². The predicted octanol–water partition coefficient (Wildman–Crippen LogP) is 3.60. The van der Waals surface area contributed by atoms with Crippen LogP contribution < -0.4 is 11.1 Å². The minimum Gasteiger partial charge on any atom is -0.449 e. The third-order valence-electron chi connectivity index (χ3n) is 3.06. The van der Waals surface area contributed by atoms with Crippen molar-refractivity contribution in [1.82, 2.24) is 5.32 Å². The third kappa shape index (κ3) is 2.49. The number of nitrogens with one attached hydrogen (secondary N) is 1. The zero-order chi connectivity index (χ0) is 13.5. The van der Waals surface area contributed by atoms with E-state index in [4.69, 9.17) is 10.5 Å². The van der Waals surface area contributed by atoms with Crippen molar-refractivity contribution in [2.45, 2.75) is 19.9 Å². The van der Waals surface area contributed by atoms with Gasteiger partial charge < -0.3 is 15.8 Å². The number of carbonyl (C=O) groups excluding carboxylic acids is 1. The van der Waals surface area contributed by atoms with Crippen LogP contribution in [0.4, 0.5) is 10.5 Å². The molecule has 4 nitrogen and oxygen atoms in total. The van der Waals surface area contributed by atoms with E-state index in [1.54, 1.807) is 0 Å². The maximum atomic E-state index is 11.4. The Morgan fingerprint density at radius 1 is 1.44 bits per heavy atom. The molecule has 0 bridgehead atoms. The topological polar surface area (TPSA) is 64.3 Å². The standard InChI is InChI=1S/C12H14Br2N2O2/c1-12(2)5-18-11(17)16-10(12)7-3-6(13)4-8(14)9(7)15/h3-4,10H,5,15H2,1-2H3,(H,16,17)/t10-/m1/s1. The van der Waals surface area contributed by atoms with E-state index in [0.717, 1.165) is 14.5 Å². The number of cyclic esters (lactones) is 1. The van der Waals surface area contributed by atoms with Crippen LogP contribution in [0.2, 0.25) is 0 Å². The van der Waals surface area contributed by atoms with Gasteiger partial charge in [-0.1, -0.05) is 29.8 Å². The summed E-state index contributed by atoms with van der Waals surface area (Å²) < 4.78 is 6.75. The van der Waals surface area contributed by atoms with E-state index in [9.17, 15) is 4.79 Å². The molecular weight excluding hydrogens is 364 g/mol. The first-order chi connectivity index (χ1) is 8.31. The molecule has 1 aliphatic heterocycles. The highest BCUT2D eigenvalue weighted by Gasteiger charge is 2.39. The molecule has 1 saturated heterocycles. The lowest BCUT2D eigenvalue weighted by Crippen LogP contribution is -2.47. The summed E-state index contributed by atoms with van der Waals surface area (Å²) in [5.41, 5.74) is 7.39. The van der Waals surface area contributed by atoms with E-state index >= 15 is 0 Å². The van der Waals surface area contributed by atoms with E-state index in [2.05, 4.69) is 37.2 Å². The Morgan fingerprint density at radius 3 is 2.78 bits per heavy atom. The lowest BCUT2D eigenvalue weighted by molar-refractivity contribution is 0.0389. The first-order valence-electron chi connectivity index (χ1n) is 5.49. The first kappa shape index (κ1) is 13.7. The van der Waals surface area contributed by atoms with Crippen LogP contribution >= 0.6 is 31.9 Å². The summed E-state index contributed by atoms with van der Waals surface area (Å²) in [6, 6.07) is 3.64. The summed E-state index contributed by atoms with van der Waals surface area (Å²) >= 11 is 6.85. The molecule has 1 fully saturated rings. The quantitative estimate of drug-likeness (QED) is 0.735. The second-order valence-corrected chi connectivity index (χ2v) is 6.80. The van der Waals surface area contributed by atoms with Gasteiger partial charge in [-0.2, -0.15) is 0 Å². The van der Waals surface area contributed by atoms with Gasteiger partial charge in [-0.05, 0) is 28.1 Å². The minimum atomic E-state index is -0.408. The Kier molecular flexibility index (Phi) is 3.60. The van der Waals surface area contributed by atoms with Crippen LogP contribution in [0, 0.1) is 5.41 Å². The number of rotatable bonds is 1. The van der Waals surface area contributed by atoms with Gasteiger partial charge in [0.2, 0.25) is 0 Å². The Labute approximate surface area is 123 Å². The number of hydrogen-bond acceptors (Lipinski definition) is 3. The molecule has 0 unspecified atom stereocenters. The fourth-order valence-corrected chi connectivity index (χ4v) is 3.29. The molecule has 3 N–H and O–H groups in total. The smallest absolute Gasteiger partial charge is 0.407 e. The maximum Gasteiger partial charge on any atom is 0.407 e. The molecule has 0 aliphatic carbocycles. The molecular formula is C12H14Br2N2O2. The van der Waals surface area contributed by atoms with E-state index in [-0.39, 0.29) is 11.5 Å². The number of amides is 1. The van der Waals surface area contributed by atoms with Gasteiger partial charge in [0.25, 0.3) is 0 Å². The lowest BCUT2D eigenvalue weighted by Gasteiger charge is -2.39. The van der Waals surface area contributed by atoms with Crippen molar-refractivity contribution in [2.24, 2.45) is 5.41 Å². The third-order valence-corrected chi connectivity index (χ3v) is 4.17. The van der Waals surface area contributed by atoms with Gasteiger partial charge in [0.15, 0.2) is 0 Å². The van der Waals surface area contributed by atoms with Crippen molar-refractivity contribution in [3.05, 3.63) is 26.6 Å². The van der Waals surface area contributed by atoms with Crippen LogP contribution in [-0.2, 0) is 4.74 Å². The van der Waals surface area contributed by atoms with E-state index in [1.165, 1.54) is 0 Å². The monoisotopic (exact) mass is 376 g/mol. The van der Waals surface area contributed by atoms with Crippen molar-refractivity contribution in [3.8, 4) is 0 Å². The zero-order valence-electron chi connectivity index (χ0n) is 10.1. The molecule has 1 atom stereocenters. The van der Waals surface area contributed by atoms with Crippen molar-refractivity contribution in [1.29, 1.82) is 0 Å². The van der Waals surface area contributed by atoms with Gasteiger partial charge in [-0.25, -0.2) is 4.79 Å². The van der Waals surface area contributed by atoms with Crippen LogP contribution in [0.3, 0.4) is 0 Å². The van der Waals surface area contributed by atoms with Gasteiger partial charge in [-0.15, -0.1) is 0 Å². The number of nitrogens with two attached hydrogens (primary N) is 1. The molecule has 0 aromatic heterocycles. The maximum absolute atomic E-state index is 11.4. The largest absolute Gasteiger partial charge is 0.449 e. The second-order valence-electron chi connectivity index (χ2n) is 5.03. The van der Waals surface area contributed by atoms with Gasteiger partial charge in [-0.3, -0.25) is 0 Å². The Hall–Kier alpha value is -0.750. The molecule has 6 heteroatoms. The molecule has 0 radical (unpaired) electrons. The number of ether oxygens (including phenoxy) is 1. The molecule has 1 amide bonds. The van der Waals surface area contributed by atoms with Crippen LogP contribution in [0.25, 0.3) is 0 Å². The molecule has 2 rings (SSSR count). The molecule has 98 valence electrons. The fourth-order valence-electron chi connectivity index (χ4n) is 2.03. The molecule has 1 aromatic rings. The average molecular weight is 378 g/mol. The van der Waals surface area contributed by atoms with Crippen LogP contribution in [0.15, 0.2) is 21.1 Å². The van der Waals surface area contributed by atoms with Crippen LogP contribution in [-0.4, -0.2) is 12.7 Å². The Balaban J connectivity index is 2.49. The highest BCUT2D eigenvalue weighted by Crippen LogP contribution is 2.41. The highest BCUT2D eigenvalue weighted by atomic mass is 79.9. The Bertz CT molecular complexity index is 503. The Morgan fingerprint density at radius 2 is 2.11 bits per heavy atom. The number of carbonyl (C=O) groups is 1. The van der Waals surface area contributed by atoms with Gasteiger partial charge in [0, 0.05) is 19.9 Å². The average Bonchev–Trinajstić information content (AvgIpc) is 2.27. The zero-order valence-corrected chi connectivity index (χ0v) is 13.3. The van der Waals surface area contributed by atoms with E-state index < -0.39 is 6.09 Å². The van der Waals surface area contributed by atoms with E-state index in [1.807, 2.05) is 26.0 Å². The van der Waals surface area contributed by atoms with Gasteiger partial charge in [0.05, 0.1) is 11.7 Å². The van der Waals surface area contributed by atoms with Gasteiger partial charge >= 0.3 is 6.09 Å². The SMILES string of the molecule is CC1(C)COC(=O)N[C@@H]1c1cc(Br)cc(Br)c1N. The number of anilines is 1. The molecule has 1 aromatic carbocycles. The lowest BCUT2D eigenvalue weighted by atomic mass is 9.80. The predicted molar refractivity (Wildman–Crippen MR) is 77.3 cm³/mol. The summed E-state index contributed by atoms with van der Waals surface area (Å²) in [6.45, 7) is 4.43. The first-order valence-corrected chi connectivity index (χ1v) is 7.07. The minimum absolute atomic E-state index is 0.174. The number of alkyl carbamates (subject to hydrolysis) is 1. The summed E-state index contributed by atoms with van der Waals surface area (Å²) in [5.74, 6) is 0.